The van der Waals surface area contributed by atoms with E-state index in [1.54, 1.807) is 22.7 Å². The highest BCUT2D eigenvalue weighted by molar-refractivity contribution is 7.86. The number of primary amides is 2. The Balaban J connectivity index is 0.000000153. The first kappa shape index (κ1) is 25.7. The predicted molar refractivity (Wildman–Crippen MR) is 152 cm³/mol. The zero-order valence-electron chi connectivity index (χ0n) is 19.6. The Morgan fingerprint density at radius 2 is 1.16 bits per heavy atom. The van der Waals surface area contributed by atoms with Crippen molar-refractivity contribution in [3.63, 3.8) is 0 Å². The van der Waals surface area contributed by atoms with Gasteiger partial charge in [-0.2, -0.15) is 0 Å². The van der Waals surface area contributed by atoms with Gasteiger partial charge in [-0.25, -0.2) is 0 Å². The van der Waals surface area contributed by atoms with Crippen LogP contribution in [0.2, 0.25) is 0 Å². The number of nitrogens with two attached hydrogens (primary N) is 2. The smallest absolute Gasteiger partial charge is 0.230 e. The van der Waals surface area contributed by atoms with Crippen LogP contribution in [0.3, 0.4) is 0 Å². The molecule has 6 nitrogen and oxygen atoms in total. The maximum atomic E-state index is 12.6. The molecule has 10 heteroatoms. The van der Waals surface area contributed by atoms with Crippen molar-refractivity contribution in [3.8, 4) is 20.9 Å². The quantitative estimate of drug-likeness (QED) is 0.341. The van der Waals surface area contributed by atoms with Gasteiger partial charge in [-0.3, -0.25) is 18.0 Å². The van der Waals surface area contributed by atoms with Crippen molar-refractivity contribution in [2.45, 2.75) is 16.9 Å². The monoisotopic (exact) mass is 568 g/mol. The number of hydrogen-bond acceptors (Lipinski definition) is 6. The van der Waals surface area contributed by atoms with Crippen molar-refractivity contribution in [1.82, 2.24) is 0 Å². The van der Waals surface area contributed by atoms with Gasteiger partial charge in [0.25, 0.3) is 0 Å². The van der Waals surface area contributed by atoms with Crippen molar-refractivity contribution >= 4 is 56.1 Å². The molecule has 2 heterocycles. The molecule has 2 aliphatic carbocycles. The van der Waals surface area contributed by atoms with Gasteiger partial charge in [0.05, 0.1) is 10.5 Å². The number of thiophene rings is 2. The third-order valence-electron chi connectivity index (χ3n) is 6.30. The number of carbonyl (C=O) groups is 2. The third kappa shape index (κ3) is 4.98. The first-order valence-corrected chi connectivity index (χ1v) is 16.0. The number of benzene rings is 2. The first-order valence-electron chi connectivity index (χ1n) is 11.5. The second-order valence-corrected chi connectivity index (χ2v) is 13.6. The lowest BCUT2D eigenvalue weighted by Crippen LogP contribution is -2.22. The van der Waals surface area contributed by atoms with Crippen molar-refractivity contribution < 1.29 is 18.0 Å². The van der Waals surface area contributed by atoms with Crippen LogP contribution >= 0.6 is 22.7 Å². The number of rotatable bonds is 7. The number of hydrogen-bond donors (Lipinski definition) is 2. The van der Waals surface area contributed by atoms with Gasteiger partial charge in [0.1, 0.15) is 5.75 Å². The lowest BCUT2D eigenvalue weighted by molar-refractivity contribution is -0.117. The summed E-state index contributed by atoms with van der Waals surface area (Å²) < 4.78 is 24.8. The molecule has 0 bridgehead atoms. The molecule has 37 heavy (non-hydrogen) atoms. The first-order chi connectivity index (χ1) is 17.9. The average molecular weight is 569 g/mol. The SMILES string of the molecule is NC(=O)CCS(=O)C1c2ccccc2-c2ccccc21.NC(=O)CS(=O)C1c2ccsc2-c2sccc21. The molecule has 6 rings (SSSR count). The lowest BCUT2D eigenvalue weighted by Gasteiger charge is -2.12. The van der Waals surface area contributed by atoms with Crippen LogP contribution < -0.4 is 11.5 Å². The number of amides is 2. The Morgan fingerprint density at radius 1 is 0.676 bits per heavy atom. The fourth-order valence-corrected chi connectivity index (χ4v) is 10.1. The van der Waals surface area contributed by atoms with E-state index in [0.717, 1.165) is 33.4 Å². The molecular formula is C27H24N2O4S4. The molecule has 4 N–H and O–H groups in total. The maximum Gasteiger partial charge on any atom is 0.230 e. The van der Waals surface area contributed by atoms with Crippen LogP contribution in [0.25, 0.3) is 20.9 Å². The van der Waals surface area contributed by atoms with Crippen molar-refractivity contribution in [2.75, 3.05) is 11.5 Å². The van der Waals surface area contributed by atoms with E-state index in [-0.39, 0.29) is 22.7 Å². The van der Waals surface area contributed by atoms with Crippen LogP contribution in [0, 0.1) is 0 Å². The van der Waals surface area contributed by atoms with Gasteiger partial charge >= 0.3 is 0 Å². The summed E-state index contributed by atoms with van der Waals surface area (Å²) in [4.78, 5) is 24.2. The Morgan fingerprint density at radius 3 is 1.65 bits per heavy atom. The summed E-state index contributed by atoms with van der Waals surface area (Å²) in [7, 11) is -2.41. The largest absolute Gasteiger partial charge is 0.370 e. The molecule has 0 spiro atoms. The average Bonchev–Trinajstić information content (AvgIpc) is 3.63. The van der Waals surface area contributed by atoms with Crippen LogP contribution in [-0.2, 0) is 31.2 Å². The molecule has 4 aromatic rings. The van der Waals surface area contributed by atoms with Crippen molar-refractivity contribution in [2.24, 2.45) is 11.5 Å². The topological polar surface area (TPSA) is 120 Å². The molecule has 190 valence electrons. The Labute approximate surface area is 227 Å². The van der Waals surface area contributed by atoms with E-state index < -0.39 is 33.4 Å². The summed E-state index contributed by atoms with van der Waals surface area (Å²) in [5.74, 6) is -0.681. The van der Waals surface area contributed by atoms with E-state index in [1.807, 2.05) is 59.3 Å². The molecule has 0 fully saturated rings. The van der Waals surface area contributed by atoms with Gasteiger partial charge < -0.3 is 11.5 Å². The summed E-state index contributed by atoms with van der Waals surface area (Å²) >= 11 is 3.32. The molecule has 0 radical (unpaired) electrons. The molecule has 2 aliphatic rings. The molecule has 0 saturated carbocycles. The van der Waals surface area contributed by atoms with E-state index >= 15 is 0 Å². The van der Waals surface area contributed by atoms with E-state index in [0.29, 0.717) is 5.75 Å². The summed E-state index contributed by atoms with van der Waals surface area (Å²) in [6, 6.07) is 20.0. The second-order valence-electron chi connectivity index (χ2n) is 8.64. The van der Waals surface area contributed by atoms with Crippen LogP contribution in [0.5, 0.6) is 0 Å². The van der Waals surface area contributed by atoms with Crippen LogP contribution in [0.1, 0.15) is 39.2 Å². The van der Waals surface area contributed by atoms with E-state index in [4.69, 9.17) is 11.5 Å². The highest BCUT2D eigenvalue weighted by atomic mass is 32.2. The van der Waals surface area contributed by atoms with E-state index in [2.05, 4.69) is 12.1 Å². The minimum absolute atomic E-state index is 0.0742. The van der Waals surface area contributed by atoms with Gasteiger partial charge in [-0.05, 0) is 56.3 Å². The van der Waals surface area contributed by atoms with Crippen molar-refractivity contribution in [1.29, 1.82) is 0 Å². The van der Waals surface area contributed by atoms with Crippen LogP contribution in [-0.4, -0.2) is 31.7 Å². The predicted octanol–water partition coefficient (Wildman–Crippen LogP) is 4.49. The zero-order chi connectivity index (χ0) is 26.1. The van der Waals surface area contributed by atoms with Crippen LogP contribution in [0.4, 0.5) is 0 Å². The summed E-state index contributed by atoms with van der Waals surface area (Å²) in [5.41, 5.74) is 16.9. The molecule has 2 amide bonds. The molecule has 2 aromatic carbocycles. The second kappa shape index (κ2) is 10.8. The minimum Gasteiger partial charge on any atom is -0.370 e. The van der Waals surface area contributed by atoms with Crippen molar-refractivity contribution in [3.05, 3.63) is 93.7 Å². The van der Waals surface area contributed by atoms with Gasteiger partial charge in [-0.15, -0.1) is 22.7 Å². The molecule has 0 saturated heterocycles. The molecule has 2 unspecified atom stereocenters. The highest BCUT2D eigenvalue weighted by Crippen LogP contribution is 2.51. The van der Waals surface area contributed by atoms with E-state index in [9.17, 15) is 18.0 Å². The Hall–Kier alpha value is -2.92. The fourth-order valence-electron chi connectivity index (χ4n) is 4.81. The zero-order valence-corrected chi connectivity index (χ0v) is 22.9. The minimum atomic E-state index is -1.27. The molecule has 0 aliphatic heterocycles. The summed E-state index contributed by atoms with van der Waals surface area (Å²) in [6.07, 6.45) is 0.160. The van der Waals surface area contributed by atoms with Gasteiger partial charge in [-0.1, -0.05) is 48.5 Å². The summed E-state index contributed by atoms with van der Waals surface area (Å²) in [5, 5.41) is 3.68. The standard InChI is InChI=1S/C16H15NO2S.C11H9NO2S3/c17-15(18)9-10-20(19)16-13-7-3-1-5-11(13)12-6-2-4-8-14(12)16;12-8(13)5-17(14)11-6-1-3-15-9(6)10-7(11)2-4-16-10/h1-8,16H,9-10H2,(H2,17,18);1-4,11H,5H2,(H2,12,13). The Bertz CT molecular complexity index is 1450. The molecular weight excluding hydrogens is 545 g/mol. The fraction of sp³-hybridized carbons (Fsp3) is 0.185. The van der Waals surface area contributed by atoms with Gasteiger partial charge in [0, 0.05) is 43.5 Å². The molecule has 2 aromatic heterocycles. The third-order valence-corrected chi connectivity index (χ3v) is 11.6. The lowest BCUT2D eigenvalue weighted by atomic mass is 10.1. The van der Waals surface area contributed by atoms with Gasteiger partial charge in [0.2, 0.25) is 11.8 Å². The normalized spacial score (nSPS) is 15.0. The van der Waals surface area contributed by atoms with Crippen LogP contribution in [0.15, 0.2) is 71.4 Å². The molecule has 2 atom stereocenters. The van der Waals surface area contributed by atoms with Gasteiger partial charge in [0.15, 0.2) is 0 Å². The number of fused-ring (bicyclic) bond motifs is 6. The Kier molecular flexibility index (Phi) is 7.52. The maximum absolute atomic E-state index is 12.6. The summed E-state index contributed by atoms with van der Waals surface area (Å²) in [6.45, 7) is 0. The number of carbonyl (C=O) groups excluding carboxylic acids is 2. The highest BCUT2D eigenvalue weighted by Gasteiger charge is 2.35. The van der Waals surface area contributed by atoms with E-state index in [1.165, 1.54) is 9.75 Å².